The Morgan fingerprint density at radius 1 is 1.04 bits per heavy atom. The summed E-state index contributed by atoms with van der Waals surface area (Å²) in [6.45, 7) is 4.49. The van der Waals surface area contributed by atoms with E-state index < -0.39 is 0 Å². The zero-order valence-corrected chi connectivity index (χ0v) is 14.3. The summed E-state index contributed by atoms with van der Waals surface area (Å²) in [6, 6.07) is 17.8. The maximum atomic E-state index is 12.5. The molecule has 0 bridgehead atoms. The molecule has 0 unspecified atom stereocenters. The van der Waals surface area contributed by atoms with Crippen LogP contribution in [0.25, 0.3) is 0 Å². The molecule has 3 rings (SSSR count). The highest BCUT2D eigenvalue weighted by atomic mass is 16.5. The van der Waals surface area contributed by atoms with Gasteiger partial charge in [-0.15, -0.1) is 0 Å². The number of piperidine rings is 1. The van der Waals surface area contributed by atoms with Crippen molar-refractivity contribution in [2.24, 2.45) is 5.92 Å². The van der Waals surface area contributed by atoms with E-state index in [4.69, 9.17) is 4.74 Å². The maximum Gasteiger partial charge on any atom is 0.253 e. The van der Waals surface area contributed by atoms with Gasteiger partial charge in [-0.2, -0.15) is 0 Å². The molecule has 2 aromatic carbocycles. The Morgan fingerprint density at radius 3 is 2.38 bits per heavy atom. The van der Waals surface area contributed by atoms with Crippen LogP contribution in [0.5, 0.6) is 5.75 Å². The van der Waals surface area contributed by atoms with Crippen LogP contribution < -0.4 is 4.74 Å². The summed E-state index contributed by atoms with van der Waals surface area (Å²) in [5.74, 6) is 1.74. The number of aryl methyl sites for hydroxylation is 1. The number of likely N-dealkylation sites (tertiary alicyclic amines) is 1. The number of benzene rings is 2. The van der Waals surface area contributed by atoms with E-state index in [2.05, 4.69) is 0 Å². The second-order valence-corrected chi connectivity index (χ2v) is 6.55. The molecule has 1 heterocycles. The summed E-state index contributed by atoms with van der Waals surface area (Å²) in [5.41, 5.74) is 1.98. The third-order valence-electron chi connectivity index (χ3n) is 4.74. The maximum absolute atomic E-state index is 12.5. The van der Waals surface area contributed by atoms with Crippen molar-refractivity contribution < 1.29 is 9.53 Å². The minimum Gasteiger partial charge on any atom is -0.494 e. The van der Waals surface area contributed by atoms with E-state index in [-0.39, 0.29) is 5.91 Å². The number of carbonyl (C=O) groups excluding carboxylic acids is 1. The second kappa shape index (κ2) is 8.00. The van der Waals surface area contributed by atoms with Gasteiger partial charge in [-0.05, 0) is 56.4 Å². The largest absolute Gasteiger partial charge is 0.494 e. The predicted molar refractivity (Wildman–Crippen MR) is 96.4 cm³/mol. The van der Waals surface area contributed by atoms with Crippen LogP contribution in [0, 0.1) is 12.8 Å². The fourth-order valence-corrected chi connectivity index (χ4v) is 3.16. The molecule has 1 amide bonds. The van der Waals surface area contributed by atoms with E-state index in [1.165, 1.54) is 5.56 Å². The van der Waals surface area contributed by atoms with Gasteiger partial charge in [0.05, 0.1) is 6.61 Å². The van der Waals surface area contributed by atoms with Gasteiger partial charge in [0.2, 0.25) is 0 Å². The van der Waals surface area contributed by atoms with Crippen LogP contribution in [0.2, 0.25) is 0 Å². The highest BCUT2D eigenvalue weighted by Crippen LogP contribution is 2.22. The molecule has 3 nitrogen and oxygen atoms in total. The molecule has 0 aromatic heterocycles. The van der Waals surface area contributed by atoms with Gasteiger partial charge < -0.3 is 9.64 Å². The minimum absolute atomic E-state index is 0.161. The van der Waals surface area contributed by atoms with E-state index in [0.717, 1.165) is 50.3 Å². The molecule has 0 radical (unpaired) electrons. The number of rotatable bonds is 5. The second-order valence-electron chi connectivity index (χ2n) is 6.55. The van der Waals surface area contributed by atoms with Crippen molar-refractivity contribution in [2.75, 3.05) is 19.7 Å². The summed E-state index contributed by atoms with van der Waals surface area (Å²) in [6.07, 6.45) is 3.19. The molecule has 0 atom stereocenters. The Balaban J connectivity index is 1.42. The molecule has 3 heteroatoms. The Labute approximate surface area is 144 Å². The molecular formula is C21H25NO2. The van der Waals surface area contributed by atoms with E-state index in [9.17, 15) is 4.79 Å². The van der Waals surface area contributed by atoms with Crippen molar-refractivity contribution in [2.45, 2.75) is 26.2 Å². The van der Waals surface area contributed by atoms with Gasteiger partial charge in [-0.1, -0.05) is 35.9 Å². The molecule has 0 aliphatic carbocycles. The number of ether oxygens (including phenoxy) is 1. The van der Waals surface area contributed by atoms with Crippen LogP contribution in [-0.4, -0.2) is 30.5 Å². The minimum atomic E-state index is 0.161. The lowest BCUT2D eigenvalue weighted by Gasteiger charge is -2.32. The number of carbonyl (C=O) groups is 1. The lowest BCUT2D eigenvalue weighted by Crippen LogP contribution is -2.38. The molecule has 2 aromatic rings. The number of hydrogen-bond donors (Lipinski definition) is 0. The molecule has 1 aliphatic rings. The van der Waals surface area contributed by atoms with Crippen LogP contribution in [0.1, 0.15) is 35.2 Å². The predicted octanol–water partition coefficient (Wildman–Crippen LogP) is 4.32. The van der Waals surface area contributed by atoms with Gasteiger partial charge in [0.25, 0.3) is 5.91 Å². The zero-order valence-electron chi connectivity index (χ0n) is 14.3. The molecule has 24 heavy (non-hydrogen) atoms. The van der Waals surface area contributed by atoms with Crippen molar-refractivity contribution in [3.05, 3.63) is 65.7 Å². The third-order valence-corrected chi connectivity index (χ3v) is 4.74. The first-order chi connectivity index (χ1) is 11.7. The van der Waals surface area contributed by atoms with Gasteiger partial charge >= 0.3 is 0 Å². The number of nitrogens with zero attached hydrogens (tertiary/aromatic N) is 1. The average molecular weight is 323 g/mol. The van der Waals surface area contributed by atoms with Crippen LogP contribution in [0.15, 0.2) is 54.6 Å². The zero-order chi connectivity index (χ0) is 16.8. The molecule has 0 saturated carbocycles. The molecular weight excluding hydrogens is 298 g/mol. The summed E-state index contributed by atoms with van der Waals surface area (Å²) in [7, 11) is 0. The molecule has 126 valence electrons. The molecule has 0 N–H and O–H groups in total. The van der Waals surface area contributed by atoms with Crippen LogP contribution >= 0.6 is 0 Å². The quantitative estimate of drug-likeness (QED) is 0.820. The van der Waals surface area contributed by atoms with E-state index in [0.29, 0.717) is 5.92 Å². The topological polar surface area (TPSA) is 29.5 Å². The fourth-order valence-electron chi connectivity index (χ4n) is 3.16. The van der Waals surface area contributed by atoms with Crippen molar-refractivity contribution in [3.63, 3.8) is 0 Å². The van der Waals surface area contributed by atoms with E-state index in [1.807, 2.05) is 66.4 Å². The van der Waals surface area contributed by atoms with Gasteiger partial charge in [-0.25, -0.2) is 0 Å². The summed E-state index contributed by atoms with van der Waals surface area (Å²) >= 11 is 0. The number of amides is 1. The Hall–Kier alpha value is -2.29. The number of hydrogen-bond acceptors (Lipinski definition) is 2. The Bertz CT molecular complexity index is 643. The summed E-state index contributed by atoms with van der Waals surface area (Å²) < 4.78 is 5.78. The highest BCUT2D eigenvalue weighted by molar-refractivity contribution is 5.94. The molecule has 1 aliphatic heterocycles. The van der Waals surface area contributed by atoms with Gasteiger partial charge in [0, 0.05) is 18.7 Å². The van der Waals surface area contributed by atoms with Crippen LogP contribution in [0.3, 0.4) is 0 Å². The van der Waals surface area contributed by atoms with Crippen molar-refractivity contribution in [3.8, 4) is 5.75 Å². The van der Waals surface area contributed by atoms with Crippen LogP contribution in [-0.2, 0) is 0 Å². The summed E-state index contributed by atoms with van der Waals surface area (Å²) in [4.78, 5) is 14.5. The average Bonchev–Trinajstić information content (AvgIpc) is 2.63. The lowest BCUT2D eigenvalue weighted by molar-refractivity contribution is 0.0680. The van der Waals surface area contributed by atoms with Gasteiger partial charge in [-0.3, -0.25) is 4.79 Å². The van der Waals surface area contributed by atoms with Crippen LogP contribution in [0.4, 0.5) is 0 Å². The van der Waals surface area contributed by atoms with E-state index in [1.54, 1.807) is 0 Å². The Kier molecular flexibility index (Phi) is 5.52. The lowest BCUT2D eigenvalue weighted by atomic mass is 9.93. The molecule has 0 spiro atoms. The van der Waals surface area contributed by atoms with Crippen molar-refractivity contribution in [1.29, 1.82) is 0 Å². The SMILES string of the molecule is Cc1ccc(C(=O)N2CCC(CCOc3ccccc3)CC2)cc1. The first-order valence-corrected chi connectivity index (χ1v) is 8.76. The highest BCUT2D eigenvalue weighted by Gasteiger charge is 2.23. The van der Waals surface area contributed by atoms with Crippen molar-refractivity contribution in [1.82, 2.24) is 4.90 Å². The van der Waals surface area contributed by atoms with Gasteiger partial charge in [0.15, 0.2) is 0 Å². The normalized spacial score (nSPS) is 15.3. The summed E-state index contributed by atoms with van der Waals surface area (Å²) in [5, 5.41) is 0. The van der Waals surface area contributed by atoms with Crippen molar-refractivity contribution >= 4 is 5.91 Å². The fraction of sp³-hybridized carbons (Fsp3) is 0.381. The third kappa shape index (κ3) is 4.38. The number of para-hydroxylation sites is 1. The monoisotopic (exact) mass is 323 g/mol. The standard InChI is InChI=1S/C21H25NO2/c1-17-7-9-19(10-8-17)21(23)22-14-11-18(12-15-22)13-16-24-20-5-3-2-4-6-20/h2-10,18H,11-16H2,1H3. The first-order valence-electron chi connectivity index (χ1n) is 8.76. The molecule has 1 saturated heterocycles. The first kappa shape index (κ1) is 16.6. The smallest absolute Gasteiger partial charge is 0.253 e. The van der Waals surface area contributed by atoms with Gasteiger partial charge in [0.1, 0.15) is 5.75 Å². The van der Waals surface area contributed by atoms with E-state index >= 15 is 0 Å². The Morgan fingerprint density at radius 2 is 1.71 bits per heavy atom. The molecule has 1 fully saturated rings.